The number of non-ortho nitro benzene ring substituents is 1. The third-order valence-corrected chi connectivity index (χ3v) is 5.76. The van der Waals surface area contributed by atoms with Crippen molar-refractivity contribution in [1.82, 2.24) is 0 Å². The molecule has 0 unspecified atom stereocenters. The molecule has 8 nitrogen and oxygen atoms in total. The summed E-state index contributed by atoms with van der Waals surface area (Å²) in [6.45, 7) is 3.71. The van der Waals surface area contributed by atoms with Crippen molar-refractivity contribution < 1.29 is 23.6 Å². The maximum absolute atomic E-state index is 12.9. The molecule has 8 heteroatoms. The predicted molar refractivity (Wildman–Crippen MR) is 135 cm³/mol. The van der Waals surface area contributed by atoms with Crippen LogP contribution < -0.4 is 14.8 Å². The number of ether oxygens (including phenoxy) is 2. The fraction of sp³-hybridized carbons (Fsp3) is 0.148. The van der Waals surface area contributed by atoms with Crippen LogP contribution in [-0.4, -0.2) is 25.1 Å². The van der Waals surface area contributed by atoms with Gasteiger partial charge in [0, 0.05) is 40.3 Å². The van der Waals surface area contributed by atoms with Crippen LogP contribution in [0.2, 0.25) is 0 Å². The van der Waals surface area contributed by atoms with E-state index < -0.39 is 10.8 Å². The smallest absolute Gasteiger partial charge is 0.271 e. The first kappa shape index (κ1) is 23.6. The van der Waals surface area contributed by atoms with E-state index in [1.54, 1.807) is 20.3 Å². The molecule has 0 saturated heterocycles. The molecule has 0 fully saturated rings. The zero-order valence-corrected chi connectivity index (χ0v) is 19.7. The van der Waals surface area contributed by atoms with Crippen molar-refractivity contribution in [2.45, 2.75) is 13.8 Å². The number of nitrogens with one attached hydrogen (secondary N) is 1. The Hall–Kier alpha value is -4.59. The highest BCUT2D eigenvalue weighted by molar-refractivity contribution is 6.06. The number of aryl methyl sites for hydroxylation is 1. The summed E-state index contributed by atoms with van der Waals surface area (Å²) < 4.78 is 16.8. The van der Waals surface area contributed by atoms with E-state index in [1.165, 1.54) is 31.4 Å². The van der Waals surface area contributed by atoms with Gasteiger partial charge in [0.1, 0.15) is 17.1 Å². The average molecular weight is 472 g/mol. The normalized spacial score (nSPS) is 11.4. The van der Waals surface area contributed by atoms with Gasteiger partial charge in [-0.25, -0.2) is 0 Å². The maximum Gasteiger partial charge on any atom is 0.271 e. The SMILES string of the molecule is COc1ccc([N+](=O)[O-])cc1NC(=O)/C=C(\C)c1cc2c(-c3ccccc3)coc2c(C)c1OC. The number of benzene rings is 3. The van der Waals surface area contributed by atoms with Gasteiger partial charge in [-0.15, -0.1) is 0 Å². The van der Waals surface area contributed by atoms with Crippen LogP contribution in [-0.2, 0) is 4.79 Å². The highest BCUT2D eigenvalue weighted by Gasteiger charge is 2.19. The monoisotopic (exact) mass is 472 g/mol. The van der Waals surface area contributed by atoms with Crippen molar-refractivity contribution in [3.8, 4) is 22.6 Å². The molecule has 3 aromatic carbocycles. The number of nitro benzene ring substituents is 1. The second-order valence-corrected chi connectivity index (χ2v) is 7.93. The van der Waals surface area contributed by atoms with Gasteiger partial charge in [0.15, 0.2) is 0 Å². The van der Waals surface area contributed by atoms with Gasteiger partial charge in [-0.2, -0.15) is 0 Å². The maximum atomic E-state index is 12.9. The third-order valence-electron chi connectivity index (χ3n) is 5.76. The molecule has 0 atom stereocenters. The van der Waals surface area contributed by atoms with Gasteiger partial charge in [-0.05, 0) is 37.1 Å². The van der Waals surface area contributed by atoms with Gasteiger partial charge in [-0.1, -0.05) is 30.3 Å². The van der Waals surface area contributed by atoms with Crippen molar-refractivity contribution in [3.63, 3.8) is 0 Å². The van der Waals surface area contributed by atoms with E-state index in [0.29, 0.717) is 22.7 Å². The lowest BCUT2D eigenvalue weighted by molar-refractivity contribution is -0.384. The van der Waals surface area contributed by atoms with Crippen LogP contribution in [0.15, 0.2) is 71.4 Å². The van der Waals surface area contributed by atoms with E-state index in [9.17, 15) is 14.9 Å². The van der Waals surface area contributed by atoms with Crippen molar-refractivity contribution in [2.24, 2.45) is 0 Å². The first-order chi connectivity index (χ1) is 16.8. The van der Waals surface area contributed by atoms with Crippen molar-refractivity contribution >= 4 is 33.8 Å². The van der Waals surface area contributed by atoms with Crippen LogP contribution in [0.5, 0.6) is 11.5 Å². The number of fused-ring (bicyclic) bond motifs is 1. The first-order valence-corrected chi connectivity index (χ1v) is 10.8. The summed E-state index contributed by atoms with van der Waals surface area (Å²) in [7, 11) is 3.00. The molecule has 1 aromatic heterocycles. The minimum Gasteiger partial charge on any atom is -0.496 e. The highest BCUT2D eigenvalue weighted by atomic mass is 16.6. The van der Waals surface area contributed by atoms with E-state index in [1.807, 2.05) is 43.3 Å². The van der Waals surface area contributed by atoms with E-state index >= 15 is 0 Å². The Balaban J connectivity index is 1.74. The molecule has 35 heavy (non-hydrogen) atoms. The highest BCUT2D eigenvalue weighted by Crippen LogP contribution is 2.40. The average Bonchev–Trinajstić information content (AvgIpc) is 3.28. The van der Waals surface area contributed by atoms with E-state index in [4.69, 9.17) is 13.9 Å². The lowest BCUT2D eigenvalue weighted by Gasteiger charge is -2.14. The molecule has 0 radical (unpaired) electrons. The zero-order valence-electron chi connectivity index (χ0n) is 19.7. The largest absolute Gasteiger partial charge is 0.496 e. The quantitative estimate of drug-likeness (QED) is 0.190. The van der Waals surface area contributed by atoms with Crippen molar-refractivity contribution in [3.05, 3.63) is 88.2 Å². The number of allylic oxidation sites excluding steroid dienone is 1. The van der Waals surface area contributed by atoms with Crippen LogP contribution in [0, 0.1) is 17.0 Å². The Morgan fingerprint density at radius 3 is 2.49 bits per heavy atom. The van der Waals surface area contributed by atoms with Crippen molar-refractivity contribution in [2.75, 3.05) is 19.5 Å². The molecule has 0 aliphatic rings. The van der Waals surface area contributed by atoms with Crippen LogP contribution in [0.25, 0.3) is 27.7 Å². The number of hydrogen-bond acceptors (Lipinski definition) is 6. The molecule has 178 valence electrons. The molecular formula is C27H24N2O6. The van der Waals surface area contributed by atoms with Gasteiger partial charge in [-0.3, -0.25) is 14.9 Å². The Morgan fingerprint density at radius 2 is 1.83 bits per heavy atom. The molecule has 1 heterocycles. The molecule has 0 spiro atoms. The Labute approximate surface area is 201 Å². The number of carbonyl (C=O) groups excluding carboxylic acids is 1. The van der Waals surface area contributed by atoms with E-state index in [-0.39, 0.29) is 11.4 Å². The summed E-state index contributed by atoms with van der Waals surface area (Å²) in [5.41, 5.74) is 4.91. The summed E-state index contributed by atoms with van der Waals surface area (Å²) in [4.78, 5) is 23.5. The summed E-state index contributed by atoms with van der Waals surface area (Å²) in [5, 5.41) is 14.7. The lowest BCUT2D eigenvalue weighted by Crippen LogP contribution is -2.10. The zero-order chi connectivity index (χ0) is 25.1. The predicted octanol–water partition coefficient (Wildman–Crippen LogP) is 6.38. The van der Waals surface area contributed by atoms with Gasteiger partial charge < -0.3 is 19.2 Å². The molecule has 0 saturated carbocycles. The molecule has 4 rings (SSSR count). The minimum absolute atomic E-state index is 0.155. The van der Waals surface area contributed by atoms with Gasteiger partial charge in [0.25, 0.3) is 5.69 Å². The summed E-state index contributed by atoms with van der Waals surface area (Å²) in [5.74, 6) is 0.452. The number of hydrogen-bond donors (Lipinski definition) is 1. The molecule has 0 bridgehead atoms. The van der Waals surface area contributed by atoms with Gasteiger partial charge in [0.05, 0.1) is 31.1 Å². The number of anilines is 1. The van der Waals surface area contributed by atoms with E-state index in [2.05, 4.69) is 5.32 Å². The molecule has 1 N–H and O–H groups in total. The summed E-state index contributed by atoms with van der Waals surface area (Å²) in [6, 6.07) is 15.8. The first-order valence-electron chi connectivity index (χ1n) is 10.8. The second-order valence-electron chi connectivity index (χ2n) is 7.93. The van der Waals surface area contributed by atoms with Gasteiger partial charge in [0.2, 0.25) is 5.91 Å². The number of methoxy groups -OCH3 is 2. The fourth-order valence-corrected chi connectivity index (χ4v) is 4.06. The minimum atomic E-state index is -0.533. The second kappa shape index (κ2) is 9.72. The number of nitro groups is 1. The Bertz CT molecular complexity index is 1450. The number of amides is 1. The van der Waals surface area contributed by atoms with Crippen LogP contribution in [0.1, 0.15) is 18.1 Å². The topological polar surface area (TPSA) is 104 Å². The molecule has 0 aliphatic carbocycles. The number of nitrogens with zero attached hydrogens (tertiary/aromatic N) is 1. The van der Waals surface area contributed by atoms with Gasteiger partial charge >= 0.3 is 0 Å². The van der Waals surface area contributed by atoms with Crippen LogP contribution in [0.4, 0.5) is 11.4 Å². The molecule has 0 aliphatic heterocycles. The third kappa shape index (κ3) is 4.59. The lowest BCUT2D eigenvalue weighted by atomic mass is 9.96. The van der Waals surface area contributed by atoms with Crippen molar-refractivity contribution in [1.29, 1.82) is 0 Å². The number of carbonyl (C=O) groups is 1. The number of rotatable bonds is 7. The fourth-order valence-electron chi connectivity index (χ4n) is 4.06. The van der Waals surface area contributed by atoms with E-state index in [0.717, 1.165) is 27.6 Å². The summed E-state index contributed by atoms with van der Waals surface area (Å²) in [6.07, 6.45) is 3.14. The Morgan fingerprint density at radius 1 is 1.09 bits per heavy atom. The van der Waals surface area contributed by atoms with Crippen LogP contribution in [0.3, 0.4) is 0 Å². The summed E-state index contributed by atoms with van der Waals surface area (Å²) >= 11 is 0. The van der Waals surface area contributed by atoms with Crippen LogP contribution >= 0.6 is 0 Å². The Kier molecular flexibility index (Phi) is 6.55. The number of furan rings is 1. The molecular weight excluding hydrogens is 448 g/mol. The standard InChI is InChI=1S/C27H24N2O6/c1-16(12-25(30)28-23-13-19(29(31)32)10-11-24(23)33-3)20-14-21-22(18-8-6-5-7-9-18)15-35-27(21)17(2)26(20)34-4/h5-15H,1-4H3,(H,28,30)/b16-12+. The molecule has 1 amide bonds. The molecule has 4 aromatic rings.